The summed E-state index contributed by atoms with van der Waals surface area (Å²) in [6, 6.07) is 0.971. The van der Waals surface area contributed by atoms with E-state index in [9.17, 15) is 35.9 Å². The normalized spacial score (nSPS) is 17.4. The van der Waals surface area contributed by atoms with Crippen LogP contribution in [0.25, 0.3) is 17.6 Å². The van der Waals surface area contributed by atoms with Crippen LogP contribution in [-0.2, 0) is 21.9 Å². The molecule has 2 aromatic rings. The van der Waals surface area contributed by atoms with E-state index in [1.54, 1.807) is 0 Å². The molecule has 1 fully saturated rings. The summed E-state index contributed by atoms with van der Waals surface area (Å²) >= 11 is 0. The van der Waals surface area contributed by atoms with Crippen LogP contribution >= 0.6 is 0 Å². The quantitative estimate of drug-likeness (QED) is 0.231. The van der Waals surface area contributed by atoms with Crippen LogP contribution in [0.3, 0.4) is 0 Å². The number of rotatable bonds is 4. The monoisotopic (exact) mass is 476 g/mol. The number of hydrogen-bond acceptors (Lipinski definition) is 6. The van der Waals surface area contributed by atoms with Crippen molar-refractivity contribution in [2.45, 2.75) is 25.2 Å². The first-order chi connectivity index (χ1) is 15.4. The van der Waals surface area contributed by atoms with Gasteiger partial charge in [-0.3, -0.25) is 9.59 Å². The zero-order valence-electron chi connectivity index (χ0n) is 16.8. The molecule has 1 aliphatic heterocycles. The lowest BCUT2D eigenvalue weighted by Gasteiger charge is -2.24. The average molecular weight is 476 g/mol. The fourth-order valence-electron chi connectivity index (χ4n) is 3.15. The lowest BCUT2D eigenvalue weighted by Crippen LogP contribution is -2.48. The molecule has 33 heavy (non-hydrogen) atoms. The topological polar surface area (TPSA) is 106 Å². The van der Waals surface area contributed by atoms with Crippen molar-refractivity contribution in [2.75, 3.05) is 13.1 Å². The molecular weight excluding hydrogens is 458 g/mol. The van der Waals surface area contributed by atoms with E-state index >= 15 is 0 Å². The van der Waals surface area contributed by atoms with Crippen LogP contribution in [0.4, 0.5) is 26.3 Å². The predicted octanol–water partition coefficient (Wildman–Crippen LogP) is 2.68. The van der Waals surface area contributed by atoms with Gasteiger partial charge in [0, 0.05) is 24.4 Å². The summed E-state index contributed by atoms with van der Waals surface area (Å²) in [7, 11) is 0. The Kier molecular flexibility index (Phi) is 6.88. The van der Waals surface area contributed by atoms with E-state index in [0.29, 0.717) is 30.1 Å². The molecule has 3 N–H and O–H groups in total. The Labute approximate surface area is 183 Å². The highest BCUT2D eigenvalue weighted by molar-refractivity contribution is 6.02. The van der Waals surface area contributed by atoms with Gasteiger partial charge in [0.15, 0.2) is 5.82 Å². The van der Waals surface area contributed by atoms with Gasteiger partial charge in [0.05, 0.1) is 17.0 Å². The van der Waals surface area contributed by atoms with Crippen LogP contribution in [0.5, 0.6) is 0 Å². The maximum absolute atomic E-state index is 13.0. The molecule has 178 valence electrons. The lowest BCUT2D eigenvalue weighted by molar-refractivity contribution is -0.146. The SMILES string of the molecule is NN(C(=O)/C=C\n1cnc(-c2cc(C(F)(F)F)cc(C(F)(F)F)c2)n1)C(=O)C1CCCNC1. The van der Waals surface area contributed by atoms with Crippen molar-refractivity contribution >= 4 is 18.0 Å². The summed E-state index contributed by atoms with van der Waals surface area (Å²) in [4.78, 5) is 28.1. The second-order valence-electron chi connectivity index (χ2n) is 7.25. The Bertz CT molecular complexity index is 1020. The van der Waals surface area contributed by atoms with E-state index < -0.39 is 52.6 Å². The summed E-state index contributed by atoms with van der Waals surface area (Å²) in [5.41, 5.74) is -3.54. The summed E-state index contributed by atoms with van der Waals surface area (Å²) in [5.74, 6) is 3.20. The van der Waals surface area contributed by atoms with E-state index in [0.717, 1.165) is 36.3 Å². The van der Waals surface area contributed by atoms with Crippen molar-refractivity contribution in [3.8, 4) is 11.4 Å². The Morgan fingerprint density at radius 2 is 1.76 bits per heavy atom. The van der Waals surface area contributed by atoms with Crippen LogP contribution < -0.4 is 11.2 Å². The number of amides is 2. The number of nitrogens with two attached hydrogens (primary N) is 1. The number of alkyl halides is 6. The van der Waals surface area contributed by atoms with Gasteiger partial charge in [0.25, 0.3) is 5.91 Å². The predicted molar refractivity (Wildman–Crippen MR) is 102 cm³/mol. The zero-order valence-corrected chi connectivity index (χ0v) is 16.8. The molecule has 0 radical (unpaired) electrons. The first-order valence-corrected chi connectivity index (χ1v) is 9.59. The number of aromatic nitrogens is 3. The number of piperidine rings is 1. The van der Waals surface area contributed by atoms with Gasteiger partial charge < -0.3 is 5.32 Å². The molecule has 1 unspecified atom stereocenters. The van der Waals surface area contributed by atoms with Gasteiger partial charge in [-0.1, -0.05) is 0 Å². The maximum Gasteiger partial charge on any atom is 0.416 e. The fraction of sp³-hybridized carbons (Fsp3) is 0.368. The molecule has 14 heteroatoms. The van der Waals surface area contributed by atoms with Crippen LogP contribution in [-0.4, -0.2) is 44.7 Å². The van der Waals surface area contributed by atoms with Crippen LogP contribution in [0.2, 0.25) is 0 Å². The van der Waals surface area contributed by atoms with E-state index in [4.69, 9.17) is 5.84 Å². The Morgan fingerprint density at radius 1 is 1.12 bits per heavy atom. The molecule has 0 bridgehead atoms. The number of imide groups is 1. The Morgan fingerprint density at radius 3 is 2.30 bits per heavy atom. The van der Waals surface area contributed by atoms with Gasteiger partial charge in [-0.15, -0.1) is 5.10 Å². The number of nitrogens with one attached hydrogen (secondary N) is 1. The summed E-state index contributed by atoms with van der Waals surface area (Å²) in [5, 5.41) is 7.23. The molecule has 0 aliphatic carbocycles. The van der Waals surface area contributed by atoms with Gasteiger partial charge in [0.1, 0.15) is 6.33 Å². The molecule has 1 aliphatic rings. The van der Waals surface area contributed by atoms with Crippen LogP contribution in [0.1, 0.15) is 24.0 Å². The minimum atomic E-state index is -5.02. The molecule has 2 heterocycles. The third-order valence-electron chi connectivity index (χ3n) is 4.85. The zero-order chi connectivity index (χ0) is 24.4. The van der Waals surface area contributed by atoms with E-state index in [1.807, 2.05) is 0 Å². The van der Waals surface area contributed by atoms with Crippen molar-refractivity contribution in [3.05, 3.63) is 41.7 Å². The molecule has 2 amide bonds. The molecule has 1 aromatic heterocycles. The van der Waals surface area contributed by atoms with Crippen molar-refractivity contribution < 1.29 is 35.9 Å². The smallest absolute Gasteiger partial charge is 0.316 e. The van der Waals surface area contributed by atoms with Crippen molar-refractivity contribution in [1.82, 2.24) is 25.1 Å². The minimum Gasteiger partial charge on any atom is -0.316 e. The molecule has 1 aromatic carbocycles. The van der Waals surface area contributed by atoms with Gasteiger partial charge in [-0.05, 0) is 37.6 Å². The minimum absolute atomic E-state index is 0.00620. The molecule has 1 saturated heterocycles. The molecule has 0 spiro atoms. The van der Waals surface area contributed by atoms with Crippen molar-refractivity contribution in [1.29, 1.82) is 0 Å². The summed E-state index contributed by atoms with van der Waals surface area (Å²) in [6.07, 6.45) is -5.85. The third-order valence-corrected chi connectivity index (χ3v) is 4.85. The lowest BCUT2D eigenvalue weighted by atomic mass is 9.98. The molecule has 8 nitrogen and oxygen atoms in total. The first kappa shape index (κ1) is 24.4. The Balaban J connectivity index is 1.78. The third kappa shape index (κ3) is 5.96. The first-order valence-electron chi connectivity index (χ1n) is 9.59. The van der Waals surface area contributed by atoms with Crippen LogP contribution in [0, 0.1) is 5.92 Å². The number of hydrazine groups is 1. The van der Waals surface area contributed by atoms with E-state index in [-0.39, 0.29) is 6.07 Å². The number of hydrogen-bond donors (Lipinski definition) is 2. The summed E-state index contributed by atoms with van der Waals surface area (Å²) < 4.78 is 79.1. The van der Waals surface area contributed by atoms with Gasteiger partial charge >= 0.3 is 12.4 Å². The average Bonchev–Trinajstić information content (AvgIpc) is 3.24. The fourth-order valence-corrected chi connectivity index (χ4v) is 3.15. The molecule has 3 rings (SSSR count). The van der Waals surface area contributed by atoms with Crippen LogP contribution in [0.15, 0.2) is 30.6 Å². The largest absolute Gasteiger partial charge is 0.416 e. The number of nitrogens with zero attached hydrogens (tertiary/aromatic N) is 4. The second kappa shape index (κ2) is 9.31. The number of carbonyl (C=O) groups excluding carboxylic acids is 2. The molecule has 0 saturated carbocycles. The maximum atomic E-state index is 13.0. The van der Waals surface area contributed by atoms with E-state index in [2.05, 4.69) is 15.4 Å². The molecular formula is C19H18F6N6O2. The number of halogens is 6. The van der Waals surface area contributed by atoms with Gasteiger partial charge in [-0.2, -0.15) is 26.3 Å². The van der Waals surface area contributed by atoms with Crippen molar-refractivity contribution in [2.24, 2.45) is 11.8 Å². The van der Waals surface area contributed by atoms with Gasteiger partial charge in [-0.25, -0.2) is 20.5 Å². The highest BCUT2D eigenvalue weighted by Crippen LogP contribution is 2.38. The van der Waals surface area contributed by atoms with Gasteiger partial charge in [0.2, 0.25) is 5.91 Å². The standard InChI is InChI=1S/C19H18F6N6O2/c20-18(21,22)13-6-12(7-14(8-13)19(23,24)25)16-28-10-30(29-16)5-3-15(32)31(26)17(33)11-2-1-4-27-9-11/h3,5-8,10-11,27H,1-2,4,9,26H2/b5-3-. The number of carbonyl (C=O) groups is 2. The molecule has 1 atom stereocenters. The highest BCUT2D eigenvalue weighted by Gasteiger charge is 2.37. The number of benzene rings is 1. The Hall–Kier alpha value is -3.26. The highest BCUT2D eigenvalue weighted by atomic mass is 19.4. The summed E-state index contributed by atoms with van der Waals surface area (Å²) in [6.45, 7) is 1.14. The second-order valence-corrected chi connectivity index (χ2v) is 7.25. The van der Waals surface area contributed by atoms with Crippen molar-refractivity contribution in [3.63, 3.8) is 0 Å². The van der Waals surface area contributed by atoms with E-state index in [1.165, 1.54) is 0 Å².